The lowest BCUT2D eigenvalue weighted by Crippen LogP contribution is -2.51. The van der Waals surface area contributed by atoms with Crippen LogP contribution in [0, 0.1) is 11.3 Å². The molecule has 0 aromatic heterocycles. The number of hydrogen-bond acceptors (Lipinski definition) is 3. The van der Waals surface area contributed by atoms with Gasteiger partial charge in [-0.15, -0.1) is 0 Å². The fourth-order valence-electron chi connectivity index (χ4n) is 1.81. The van der Waals surface area contributed by atoms with Gasteiger partial charge < -0.3 is 10.6 Å². The zero-order chi connectivity index (χ0) is 11.1. The number of carbonyl (C=O) groups is 1. The van der Waals surface area contributed by atoms with Crippen molar-refractivity contribution < 1.29 is 4.79 Å². The van der Waals surface area contributed by atoms with Crippen molar-refractivity contribution >= 4 is 5.91 Å². The normalized spacial score (nSPS) is 24.8. The van der Waals surface area contributed by atoms with Crippen LogP contribution in [0.15, 0.2) is 0 Å². The molecule has 1 amide bonds. The molecule has 1 heterocycles. The zero-order valence-electron chi connectivity index (χ0n) is 9.31. The van der Waals surface area contributed by atoms with E-state index in [1.165, 1.54) is 0 Å². The summed E-state index contributed by atoms with van der Waals surface area (Å²) in [6.45, 7) is 3.56. The van der Waals surface area contributed by atoms with Crippen LogP contribution in [0.5, 0.6) is 0 Å². The highest BCUT2D eigenvalue weighted by molar-refractivity contribution is 5.86. The van der Waals surface area contributed by atoms with E-state index in [1.54, 1.807) is 0 Å². The Labute approximate surface area is 91.0 Å². The topological polar surface area (TPSA) is 64.9 Å². The minimum absolute atomic E-state index is 0.0944. The fraction of sp³-hybridized carbons (Fsp3) is 0.818. The van der Waals surface area contributed by atoms with Gasteiger partial charge in [0, 0.05) is 13.0 Å². The quantitative estimate of drug-likeness (QED) is 0.662. The van der Waals surface area contributed by atoms with Crippen molar-refractivity contribution in [2.75, 3.05) is 13.1 Å². The van der Waals surface area contributed by atoms with Crippen LogP contribution >= 0.6 is 0 Å². The molecule has 4 heteroatoms. The van der Waals surface area contributed by atoms with Gasteiger partial charge in [-0.1, -0.05) is 0 Å². The molecule has 0 aromatic rings. The van der Waals surface area contributed by atoms with Gasteiger partial charge in [-0.2, -0.15) is 5.26 Å². The highest BCUT2D eigenvalue weighted by atomic mass is 16.2. The molecule has 2 N–H and O–H groups in total. The molecule has 0 saturated carbocycles. The van der Waals surface area contributed by atoms with Crippen molar-refractivity contribution in [1.82, 2.24) is 10.6 Å². The number of amides is 1. The van der Waals surface area contributed by atoms with E-state index in [4.69, 9.17) is 5.26 Å². The summed E-state index contributed by atoms with van der Waals surface area (Å²) < 4.78 is 0. The van der Waals surface area contributed by atoms with Gasteiger partial charge in [0.2, 0.25) is 5.91 Å². The Balaban J connectivity index is 2.16. The third-order valence-electron chi connectivity index (χ3n) is 2.87. The molecule has 1 saturated heterocycles. The summed E-state index contributed by atoms with van der Waals surface area (Å²) in [5, 5.41) is 14.5. The van der Waals surface area contributed by atoms with Crippen LogP contribution in [0.1, 0.15) is 39.0 Å². The molecule has 1 fully saturated rings. The van der Waals surface area contributed by atoms with Crippen molar-refractivity contribution in [3.63, 3.8) is 0 Å². The molecule has 0 aliphatic carbocycles. The van der Waals surface area contributed by atoms with Crippen molar-refractivity contribution in [1.29, 1.82) is 5.26 Å². The predicted octanol–water partition coefficient (Wildman–Crippen LogP) is 0.939. The third-order valence-corrected chi connectivity index (χ3v) is 2.87. The highest BCUT2D eigenvalue weighted by Crippen LogP contribution is 2.18. The smallest absolute Gasteiger partial charge is 0.240 e. The Hall–Kier alpha value is -1.08. The lowest BCUT2D eigenvalue weighted by molar-refractivity contribution is -0.126. The third kappa shape index (κ3) is 3.52. The molecule has 1 aliphatic rings. The summed E-state index contributed by atoms with van der Waals surface area (Å²) in [4.78, 5) is 11.8. The number of nitriles is 1. The number of nitrogens with one attached hydrogen (secondary N) is 2. The molecule has 0 radical (unpaired) electrons. The van der Waals surface area contributed by atoms with Crippen LogP contribution in [-0.4, -0.2) is 24.5 Å². The number of nitrogens with zero attached hydrogens (tertiary/aromatic N) is 1. The second kappa shape index (κ2) is 5.72. The second-order valence-corrected chi connectivity index (χ2v) is 4.23. The van der Waals surface area contributed by atoms with Gasteiger partial charge in [-0.25, -0.2) is 0 Å². The van der Waals surface area contributed by atoms with Gasteiger partial charge in [0.15, 0.2) is 0 Å². The maximum atomic E-state index is 11.8. The van der Waals surface area contributed by atoms with Gasteiger partial charge in [0.05, 0.1) is 11.6 Å². The summed E-state index contributed by atoms with van der Waals surface area (Å²) in [6, 6.07) is 2.09. The average molecular weight is 209 g/mol. The second-order valence-electron chi connectivity index (χ2n) is 4.23. The van der Waals surface area contributed by atoms with Crippen LogP contribution in [0.25, 0.3) is 0 Å². The monoisotopic (exact) mass is 209 g/mol. The number of rotatable bonds is 5. The number of unbranched alkanes of at least 4 members (excludes halogenated alkanes) is 2. The summed E-state index contributed by atoms with van der Waals surface area (Å²) in [5.41, 5.74) is -0.366. The van der Waals surface area contributed by atoms with E-state index in [2.05, 4.69) is 16.7 Å². The number of carbonyl (C=O) groups excluding carboxylic acids is 1. The maximum Gasteiger partial charge on any atom is 0.240 e. The SMILES string of the molecule is CC1(C(=O)NCCCCC#N)CCCN1. The molecule has 1 aliphatic heterocycles. The molecule has 0 bridgehead atoms. The molecular formula is C11H19N3O. The first-order valence-corrected chi connectivity index (χ1v) is 5.59. The van der Waals surface area contributed by atoms with Crippen molar-refractivity contribution in [3.8, 4) is 6.07 Å². The van der Waals surface area contributed by atoms with Crippen LogP contribution in [-0.2, 0) is 4.79 Å². The van der Waals surface area contributed by atoms with E-state index < -0.39 is 0 Å². The molecular weight excluding hydrogens is 190 g/mol. The van der Waals surface area contributed by atoms with E-state index in [9.17, 15) is 4.79 Å². The number of hydrogen-bond donors (Lipinski definition) is 2. The molecule has 1 unspecified atom stereocenters. The van der Waals surface area contributed by atoms with E-state index in [0.29, 0.717) is 13.0 Å². The molecule has 15 heavy (non-hydrogen) atoms. The molecule has 1 atom stereocenters. The van der Waals surface area contributed by atoms with Crippen LogP contribution in [0.2, 0.25) is 0 Å². The summed E-state index contributed by atoms with van der Waals surface area (Å²) in [6.07, 6.45) is 4.30. The maximum absolute atomic E-state index is 11.8. The van der Waals surface area contributed by atoms with Crippen LogP contribution < -0.4 is 10.6 Å². The minimum atomic E-state index is -0.366. The van der Waals surface area contributed by atoms with Gasteiger partial charge in [0.25, 0.3) is 0 Å². The Morgan fingerprint density at radius 3 is 3.00 bits per heavy atom. The lowest BCUT2D eigenvalue weighted by atomic mass is 9.99. The van der Waals surface area contributed by atoms with Crippen LogP contribution in [0.4, 0.5) is 0 Å². The molecule has 1 rings (SSSR count). The van der Waals surface area contributed by atoms with Gasteiger partial charge in [-0.3, -0.25) is 4.79 Å². The molecule has 0 spiro atoms. The Morgan fingerprint density at radius 2 is 2.40 bits per heavy atom. The van der Waals surface area contributed by atoms with E-state index in [-0.39, 0.29) is 11.4 Å². The van der Waals surface area contributed by atoms with Crippen molar-refractivity contribution in [2.45, 2.75) is 44.6 Å². The van der Waals surface area contributed by atoms with E-state index >= 15 is 0 Å². The lowest BCUT2D eigenvalue weighted by Gasteiger charge is -2.22. The van der Waals surface area contributed by atoms with Gasteiger partial charge in [0.1, 0.15) is 0 Å². The highest BCUT2D eigenvalue weighted by Gasteiger charge is 2.35. The minimum Gasteiger partial charge on any atom is -0.355 e. The van der Waals surface area contributed by atoms with E-state index in [0.717, 1.165) is 32.2 Å². The Morgan fingerprint density at radius 1 is 1.60 bits per heavy atom. The van der Waals surface area contributed by atoms with Crippen LogP contribution in [0.3, 0.4) is 0 Å². The first kappa shape index (κ1) is 12.0. The predicted molar refractivity (Wildman–Crippen MR) is 58.1 cm³/mol. The average Bonchev–Trinajstić information content (AvgIpc) is 2.66. The Kier molecular flexibility index (Phi) is 4.57. The van der Waals surface area contributed by atoms with Gasteiger partial charge >= 0.3 is 0 Å². The first-order chi connectivity index (χ1) is 7.19. The molecule has 4 nitrogen and oxygen atoms in total. The molecule has 84 valence electrons. The summed E-state index contributed by atoms with van der Waals surface area (Å²) in [5.74, 6) is 0.0944. The first-order valence-electron chi connectivity index (χ1n) is 5.59. The van der Waals surface area contributed by atoms with Crippen molar-refractivity contribution in [2.24, 2.45) is 0 Å². The Bertz CT molecular complexity index is 251. The van der Waals surface area contributed by atoms with Crippen molar-refractivity contribution in [3.05, 3.63) is 0 Å². The zero-order valence-corrected chi connectivity index (χ0v) is 9.31. The fourth-order valence-corrected chi connectivity index (χ4v) is 1.81. The summed E-state index contributed by atoms with van der Waals surface area (Å²) >= 11 is 0. The standard InChI is InChI=1S/C11H19N3O/c1-11(6-5-9-14-11)10(15)13-8-4-2-3-7-12/h14H,2-6,8-9H2,1H3,(H,13,15). The van der Waals surface area contributed by atoms with Gasteiger partial charge in [-0.05, 0) is 39.2 Å². The van der Waals surface area contributed by atoms with E-state index in [1.807, 2.05) is 6.92 Å². The largest absolute Gasteiger partial charge is 0.355 e. The summed E-state index contributed by atoms with van der Waals surface area (Å²) in [7, 11) is 0. The molecule has 0 aromatic carbocycles.